The van der Waals surface area contributed by atoms with Crippen molar-refractivity contribution in [2.75, 3.05) is 13.1 Å². The Labute approximate surface area is 88.4 Å². The summed E-state index contributed by atoms with van der Waals surface area (Å²) in [5.74, 6) is 0. The molecule has 0 bridgehead atoms. The molecule has 2 atom stereocenters. The molecular weight excluding hydrogens is 174 g/mol. The van der Waals surface area contributed by atoms with Gasteiger partial charge in [-0.05, 0) is 18.8 Å². The number of morpholine rings is 1. The van der Waals surface area contributed by atoms with E-state index in [9.17, 15) is 0 Å². The predicted molar refractivity (Wildman–Crippen MR) is 60.5 cm³/mol. The smallest absolute Gasteiger partial charge is 0.0782 e. The first-order valence-corrected chi connectivity index (χ1v) is 5.76. The van der Waals surface area contributed by atoms with Crippen LogP contribution in [0.15, 0.2) is 0 Å². The van der Waals surface area contributed by atoms with Gasteiger partial charge in [0.2, 0.25) is 0 Å². The summed E-state index contributed by atoms with van der Waals surface area (Å²) >= 11 is 0. The highest BCUT2D eigenvalue weighted by Crippen LogP contribution is 2.30. The van der Waals surface area contributed by atoms with E-state index >= 15 is 0 Å². The highest BCUT2D eigenvalue weighted by Gasteiger charge is 2.37. The van der Waals surface area contributed by atoms with E-state index in [2.05, 4.69) is 39.9 Å². The van der Waals surface area contributed by atoms with Crippen LogP contribution in [0.1, 0.15) is 47.5 Å². The van der Waals surface area contributed by atoms with Crippen LogP contribution in [-0.2, 0) is 4.74 Å². The molecule has 0 aromatic heterocycles. The number of nitrogens with one attached hydrogen (secondary N) is 1. The van der Waals surface area contributed by atoms with Crippen molar-refractivity contribution in [2.45, 2.75) is 59.2 Å². The van der Waals surface area contributed by atoms with Gasteiger partial charge in [0.25, 0.3) is 0 Å². The van der Waals surface area contributed by atoms with Gasteiger partial charge in [-0.2, -0.15) is 0 Å². The minimum atomic E-state index is 0.0466. The summed E-state index contributed by atoms with van der Waals surface area (Å²) in [5.41, 5.74) is 0.285. The molecule has 1 heterocycles. The van der Waals surface area contributed by atoms with Gasteiger partial charge in [0.05, 0.1) is 11.7 Å². The number of hydrogen-bond acceptors (Lipinski definition) is 2. The van der Waals surface area contributed by atoms with E-state index in [1.54, 1.807) is 0 Å². The van der Waals surface area contributed by atoms with E-state index in [0.717, 1.165) is 19.5 Å². The normalized spacial score (nSPS) is 34.5. The molecule has 2 unspecified atom stereocenters. The van der Waals surface area contributed by atoms with Crippen molar-refractivity contribution in [3.8, 4) is 0 Å². The molecule has 2 nitrogen and oxygen atoms in total. The lowest BCUT2D eigenvalue weighted by molar-refractivity contribution is -0.145. The van der Waals surface area contributed by atoms with E-state index in [4.69, 9.17) is 4.74 Å². The third kappa shape index (κ3) is 2.96. The average molecular weight is 199 g/mol. The fourth-order valence-electron chi connectivity index (χ4n) is 2.05. The summed E-state index contributed by atoms with van der Waals surface area (Å²) < 4.78 is 6.22. The lowest BCUT2D eigenvalue weighted by Crippen LogP contribution is -2.55. The molecule has 0 spiro atoms. The molecule has 1 fully saturated rings. The molecule has 1 N–H and O–H groups in total. The minimum Gasteiger partial charge on any atom is -0.369 e. The van der Waals surface area contributed by atoms with Gasteiger partial charge in [0.1, 0.15) is 0 Å². The molecule has 1 rings (SSSR count). The highest BCUT2D eigenvalue weighted by molar-refractivity contribution is 4.89. The Morgan fingerprint density at radius 2 is 2.07 bits per heavy atom. The third-order valence-corrected chi connectivity index (χ3v) is 3.00. The Morgan fingerprint density at radius 1 is 1.43 bits per heavy atom. The maximum absolute atomic E-state index is 6.22. The molecule has 0 aromatic carbocycles. The average Bonchev–Trinajstić information content (AvgIpc) is 2.02. The van der Waals surface area contributed by atoms with Crippen LogP contribution < -0.4 is 5.32 Å². The quantitative estimate of drug-likeness (QED) is 0.738. The first-order chi connectivity index (χ1) is 6.37. The molecule has 1 saturated heterocycles. The maximum atomic E-state index is 6.22. The van der Waals surface area contributed by atoms with E-state index in [1.165, 1.54) is 6.42 Å². The van der Waals surface area contributed by atoms with Gasteiger partial charge in [-0.15, -0.1) is 0 Å². The van der Waals surface area contributed by atoms with E-state index in [1.807, 2.05) is 0 Å². The second kappa shape index (κ2) is 4.19. The van der Waals surface area contributed by atoms with Gasteiger partial charge in [0.15, 0.2) is 0 Å². The van der Waals surface area contributed by atoms with Crippen LogP contribution in [-0.4, -0.2) is 24.8 Å². The molecule has 0 radical (unpaired) electrons. The molecule has 0 aromatic rings. The number of rotatable bonds is 2. The molecule has 0 amide bonds. The zero-order valence-electron chi connectivity index (χ0n) is 10.3. The van der Waals surface area contributed by atoms with Gasteiger partial charge >= 0.3 is 0 Å². The SMILES string of the molecule is CCCC1(C)CNCC(C(C)(C)C)O1. The van der Waals surface area contributed by atoms with Crippen molar-refractivity contribution in [3.63, 3.8) is 0 Å². The first-order valence-electron chi connectivity index (χ1n) is 5.76. The first kappa shape index (κ1) is 12.0. The zero-order chi connectivity index (χ0) is 10.8. The molecule has 84 valence electrons. The standard InChI is InChI=1S/C12H25NO/c1-6-7-12(5)9-13-8-10(14-12)11(2,3)4/h10,13H,6-9H2,1-5H3. The van der Waals surface area contributed by atoms with Crippen molar-refractivity contribution in [1.29, 1.82) is 0 Å². The lowest BCUT2D eigenvalue weighted by Gasteiger charge is -2.44. The Hall–Kier alpha value is -0.0800. The monoisotopic (exact) mass is 199 g/mol. The van der Waals surface area contributed by atoms with Crippen molar-refractivity contribution in [1.82, 2.24) is 5.32 Å². The minimum absolute atomic E-state index is 0.0466. The highest BCUT2D eigenvalue weighted by atomic mass is 16.5. The van der Waals surface area contributed by atoms with Crippen LogP contribution in [0, 0.1) is 5.41 Å². The topological polar surface area (TPSA) is 21.3 Å². The van der Waals surface area contributed by atoms with Gasteiger partial charge < -0.3 is 10.1 Å². The Kier molecular flexibility index (Phi) is 3.59. The summed E-state index contributed by atoms with van der Waals surface area (Å²) in [6, 6.07) is 0. The number of ether oxygens (including phenoxy) is 1. The van der Waals surface area contributed by atoms with Crippen LogP contribution in [0.2, 0.25) is 0 Å². The van der Waals surface area contributed by atoms with Gasteiger partial charge in [0, 0.05) is 13.1 Å². The third-order valence-electron chi connectivity index (χ3n) is 3.00. The Bertz CT molecular complexity index is 181. The summed E-state index contributed by atoms with van der Waals surface area (Å²) in [7, 11) is 0. The lowest BCUT2D eigenvalue weighted by atomic mass is 9.86. The van der Waals surface area contributed by atoms with Crippen LogP contribution in [0.5, 0.6) is 0 Å². The predicted octanol–water partition coefficient (Wildman–Crippen LogP) is 2.58. The largest absolute Gasteiger partial charge is 0.369 e. The molecule has 2 heteroatoms. The van der Waals surface area contributed by atoms with Gasteiger partial charge in [-0.25, -0.2) is 0 Å². The van der Waals surface area contributed by atoms with Crippen molar-refractivity contribution >= 4 is 0 Å². The van der Waals surface area contributed by atoms with Gasteiger partial charge in [-0.1, -0.05) is 34.1 Å². The van der Waals surface area contributed by atoms with Crippen LogP contribution >= 0.6 is 0 Å². The summed E-state index contributed by atoms with van der Waals surface area (Å²) in [4.78, 5) is 0. The molecule has 1 aliphatic heterocycles. The van der Waals surface area contributed by atoms with Crippen molar-refractivity contribution in [2.24, 2.45) is 5.41 Å². The fourth-order valence-corrected chi connectivity index (χ4v) is 2.05. The van der Waals surface area contributed by atoms with E-state index in [0.29, 0.717) is 6.10 Å². The van der Waals surface area contributed by atoms with Crippen LogP contribution in [0.4, 0.5) is 0 Å². The zero-order valence-corrected chi connectivity index (χ0v) is 10.3. The summed E-state index contributed by atoms with van der Waals surface area (Å²) in [6.45, 7) is 13.2. The van der Waals surface area contributed by atoms with E-state index < -0.39 is 0 Å². The molecule has 14 heavy (non-hydrogen) atoms. The Morgan fingerprint density at radius 3 is 2.57 bits per heavy atom. The molecule has 0 saturated carbocycles. The van der Waals surface area contributed by atoms with E-state index in [-0.39, 0.29) is 11.0 Å². The summed E-state index contributed by atoms with van der Waals surface area (Å²) in [6.07, 6.45) is 2.68. The molecule has 0 aliphatic carbocycles. The second-order valence-electron chi connectivity index (χ2n) is 5.80. The van der Waals surface area contributed by atoms with Crippen LogP contribution in [0.25, 0.3) is 0 Å². The van der Waals surface area contributed by atoms with Crippen molar-refractivity contribution < 1.29 is 4.74 Å². The fraction of sp³-hybridized carbons (Fsp3) is 1.00. The second-order valence-corrected chi connectivity index (χ2v) is 5.80. The summed E-state index contributed by atoms with van der Waals surface area (Å²) in [5, 5.41) is 3.49. The molecule has 1 aliphatic rings. The van der Waals surface area contributed by atoms with Gasteiger partial charge in [-0.3, -0.25) is 0 Å². The Balaban J connectivity index is 2.59. The number of hydrogen-bond donors (Lipinski definition) is 1. The maximum Gasteiger partial charge on any atom is 0.0782 e. The molecular formula is C12H25NO. The van der Waals surface area contributed by atoms with Crippen LogP contribution in [0.3, 0.4) is 0 Å². The van der Waals surface area contributed by atoms with Crippen molar-refractivity contribution in [3.05, 3.63) is 0 Å².